The Kier molecular flexibility index (Phi) is 2.12. The van der Waals surface area contributed by atoms with Crippen molar-refractivity contribution in [3.8, 4) is 5.69 Å². The molecule has 1 N–H and O–H groups in total. The van der Waals surface area contributed by atoms with E-state index < -0.39 is 0 Å². The zero-order chi connectivity index (χ0) is 13.7. The van der Waals surface area contributed by atoms with Crippen molar-refractivity contribution in [2.24, 2.45) is 0 Å². The minimum absolute atomic E-state index is 0.153. The van der Waals surface area contributed by atoms with Crippen molar-refractivity contribution in [2.75, 3.05) is 0 Å². The zero-order valence-corrected chi connectivity index (χ0v) is 10.8. The van der Waals surface area contributed by atoms with E-state index in [9.17, 15) is 4.79 Å². The Morgan fingerprint density at radius 2 is 2.05 bits per heavy atom. The van der Waals surface area contributed by atoms with Gasteiger partial charge in [0, 0.05) is 5.39 Å². The summed E-state index contributed by atoms with van der Waals surface area (Å²) in [6.45, 7) is 1.88. The summed E-state index contributed by atoms with van der Waals surface area (Å²) in [6.07, 6.45) is 0. The first-order valence-corrected chi connectivity index (χ1v) is 6.30. The summed E-state index contributed by atoms with van der Waals surface area (Å²) in [5.74, 6) is 0. The van der Waals surface area contributed by atoms with Gasteiger partial charge in [-0.1, -0.05) is 17.3 Å². The summed E-state index contributed by atoms with van der Waals surface area (Å²) >= 11 is 0. The first-order valence-electron chi connectivity index (χ1n) is 6.30. The molecule has 0 bridgehead atoms. The number of hydrogen-bond acceptors (Lipinski definition) is 3. The van der Waals surface area contributed by atoms with Crippen LogP contribution in [0.1, 0.15) is 5.69 Å². The number of benzene rings is 2. The second-order valence-corrected chi connectivity index (χ2v) is 4.73. The van der Waals surface area contributed by atoms with Crippen LogP contribution in [0.4, 0.5) is 0 Å². The summed E-state index contributed by atoms with van der Waals surface area (Å²) in [6, 6.07) is 13.2. The lowest BCUT2D eigenvalue weighted by Crippen LogP contribution is -2.14. The van der Waals surface area contributed by atoms with Gasteiger partial charge in [0.05, 0.1) is 22.4 Å². The normalized spacial score (nSPS) is 11.4. The van der Waals surface area contributed by atoms with E-state index in [1.807, 2.05) is 49.4 Å². The minimum Gasteiger partial charge on any atom is -0.356 e. The third-order valence-electron chi connectivity index (χ3n) is 3.48. The van der Waals surface area contributed by atoms with Gasteiger partial charge in [0.25, 0.3) is 0 Å². The molecule has 0 saturated heterocycles. The second-order valence-electron chi connectivity index (χ2n) is 4.73. The molecule has 5 heteroatoms. The molecule has 0 atom stereocenters. The number of aromatic nitrogens is 3. The molecule has 4 aromatic rings. The average Bonchev–Trinajstić information content (AvgIpc) is 2.98. The molecule has 0 fully saturated rings. The van der Waals surface area contributed by atoms with Crippen LogP contribution in [0.3, 0.4) is 0 Å². The number of fused-ring (bicyclic) bond motifs is 2. The van der Waals surface area contributed by atoms with Crippen molar-refractivity contribution in [2.45, 2.75) is 6.92 Å². The van der Waals surface area contributed by atoms with Crippen LogP contribution in [0.2, 0.25) is 0 Å². The van der Waals surface area contributed by atoms with Gasteiger partial charge in [-0.3, -0.25) is 4.57 Å². The minimum atomic E-state index is -0.153. The van der Waals surface area contributed by atoms with Crippen molar-refractivity contribution in [1.82, 2.24) is 14.7 Å². The highest BCUT2D eigenvalue weighted by Gasteiger charge is 2.11. The molecule has 0 radical (unpaired) electrons. The molecule has 0 unspecified atom stereocenters. The Hall–Kier alpha value is -2.82. The number of para-hydroxylation sites is 2. The van der Waals surface area contributed by atoms with E-state index in [1.54, 1.807) is 4.57 Å². The van der Waals surface area contributed by atoms with Gasteiger partial charge in [0.2, 0.25) is 0 Å². The summed E-state index contributed by atoms with van der Waals surface area (Å²) in [5.41, 5.74) is 3.85. The van der Waals surface area contributed by atoms with Gasteiger partial charge in [-0.2, -0.15) is 0 Å². The fourth-order valence-electron chi connectivity index (χ4n) is 2.50. The van der Waals surface area contributed by atoms with Crippen molar-refractivity contribution >= 4 is 22.0 Å². The number of aromatic amines is 1. The highest BCUT2D eigenvalue weighted by Crippen LogP contribution is 2.22. The fraction of sp³-hybridized carbons (Fsp3) is 0.0667. The second kappa shape index (κ2) is 3.84. The third-order valence-corrected chi connectivity index (χ3v) is 3.48. The summed E-state index contributed by atoms with van der Waals surface area (Å²) in [7, 11) is 0. The molecule has 0 aliphatic carbocycles. The number of rotatable bonds is 1. The average molecular weight is 265 g/mol. The largest absolute Gasteiger partial charge is 0.356 e. The Morgan fingerprint density at radius 3 is 2.95 bits per heavy atom. The molecule has 2 aromatic heterocycles. The van der Waals surface area contributed by atoms with E-state index in [2.05, 4.69) is 10.1 Å². The molecule has 0 saturated carbocycles. The lowest BCUT2D eigenvalue weighted by atomic mass is 10.2. The third kappa shape index (κ3) is 1.43. The molecule has 0 spiro atoms. The molecule has 4 rings (SSSR count). The fourth-order valence-corrected chi connectivity index (χ4v) is 2.50. The Morgan fingerprint density at radius 1 is 1.20 bits per heavy atom. The molecule has 98 valence electrons. The van der Waals surface area contributed by atoms with E-state index in [1.165, 1.54) is 0 Å². The topological polar surface area (TPSA) is 63.8 Å². The zero-order valence-electron chi connectivity index (χ0n) is 10.8. The Bertz CT molecular complexity index is 991. The molecule has 0 aliphatic rings. The van der Waals surface area contributed by atoms with E-state index in [-0.39, 0.29) is 5.69 Å². The number of hydrogen-bond donors (Lipinski definition) is 1. The molecular formula is C15H11N3O2. The molecule has 20 heavy (non-hydrogen) atoms. The van der Waals surface area contributed by atoms with E-state index >= 15 is 0 Å². The maximum Gasteiger partial charge on any atom is 0.331 e. The van der Waals surface area contributed by atoms with Crippen molar-refractivity contribution in [3.05, 3.63) is 58.6 Å². The van der Waals surface area contributed by atoms with Crippen LogP contribution >= 0.6 is 0 Å². The monoisotopic (exact) mass is 265 g/mol. The lowest BCUT2D eigenvalue weighted by Gasteiger charge is -2.03. The van der Waals surface area contributed by atoms with Crippen molar-refractivity contribution in [1.29, 1.82) is 0 Å². The smallest absolute Gasteiger partial charge is 0.331 e. The molecule has 0 amide bonds. The van der Waals surface area contributed by atoms with Crippen LogP contribution in [0, 0.1) is 6.92 Å². The molecular weight excluding hydrogens is 254 g/mol. The predicted octanol–water partition coefficient (Wildman–Crippen LogP) is 2.77. The van der Waals surface area contributed by atoms with Crippen LogP contribution in [-0.2, 0) is 0 Å². The Labute approximate surface area is 113 Å². The molecule has 0 aliphatic heterocycles. The van der Waals surface area contributed by atoms with Gasteiger partial charge in [-0.25, -0.2) is 4.79 Å². The number of aryl methyl sites for hydroxylation is 1. The van der Waals surface area contributed by atoms with E-state index in [0.29, 0.717) is 0 Å². The van der Waals surface area contributed by atoms with Crippen LogP contribution in [-0.4, -0.2) is 14.7 Å². The van der Waals surface area contributed by atoms with Gasteiger partial charge < -0.3 is 9.51 Å². The van der Waals surface area contributed by atoms with E-state index in [0.717, 1.165) is 33.4 Å². The quantitative estimate of drug-likeness (QED) is 0.575. The number of imidazole rings is 1. The maximum atomic E-state index is 12.2. The van der Waals surface area contributed by atoms with Gasteiger partial charge in [-0.05, 0) is 37.3 Å². The van der Waals surface area contributed by atoms with Gasteiger partial charge in [0.15, 0.2) is 5.58 Å². The Balaban J connectivity index is 2.08. The summed E-state index contributed by atoms with van der Waals surface area (Å²) < 4.78 is 6.85. The van der Waals surface area contributed by atoms with Crippen LogP contribution in [0.25, 0.3) is 27.7 Å². The highest BCUT2D eigenvalue weighted by atomic mass is 16.5. The highest BCUT2D eigenvalue weighted by molar-refractivity contribution is 5.83. The van der Waals surface area contributed by atoms with Crippen LogP contribution in [0.5, 0.6) is 0 Å². The summed E-state index contributed by atoms with van der Waals surface area (Å²) in [5, 5.41) is 4.85. The maximum absolute atomic E-state index is 12.2. The first-order chi connectivity index (χ1) is 9.74. The van der Waals surface area contributed by atoms with Gasteiger partial charge >= 0.3 is 5.69 Å². The number of H-pyrrole nitrogens is 1. The van der Waals surface area contributed by atoms with Crippen molar-refractivity contribution < 1.29 is 4.52 Å². The molecule has 2 aromatic carbocycles. The number of nitrogens with zero attached hydrogens (tertiary/aromatic N) is 2. The summed E-state index contributed by atoms with van der Waals surface area (Å²) in [4.78, 5) is 15.0. The first kappa shape index (κ1) is 11.0. The van der Waals surface area contributed by atoms with Gasteiger partial charge in [0.1, 0.15) is 0 Å². The molecule has 5 nitrogen and oxygen atoms in total. The standard InChI is InChI=1S/C15H11N3O2/c1-9-11-8-10(6-7-14(11)20-17-9)18-13-5-3-2-4-12(13)16-15(18)19/h2-8H,1H3,(H,16,19). The SMILES string of the molecule is Cc1noc2ccc(-n3c(=O)[nH]c4ccccc43)cc12. The molecule has 2 heterocycles. The lowest BCUT2D eigenvalue weighted by molar-refractivity contribution is 0.450. The van der Waals surface area contributed by atoms with Crippen LogP contribution < -0.4 is 5.69 Å². The van der Waals surface area contributed by atoms with Crippen LogP contribution in [0.15, 0.2) is 51.8 Å². The van der Waals surface area contributed by atoms with E-state index in [4.69, 9.17) is 4.52 Å². The predicted molar refractivity (Wildman–Crippen MR) is 76.2 cm³/mol. The van der Waals surface area contributed by atoms with Gasteiger partial charge in [-0.15, -0.1) is 0 Å². The van der Waals surface area contributed by atoms with Crippen molar-refractivity contribution in [3.63, 3.8) is 0 Å². The number of nitrogens with one attached hydrogen (secondary N) is 1.